The van der Waals surface area contributed by atoms with Crippen molar-refractivity contribution < 1.29 is 0 Å². The maximum absolute atomic E-state index is 6.24. The van der Waals surface area contributed by atoms with Crippen LogP contribution in [-0.2, 0) is 0 Å². The Bertz CT molecular complexity index is 847. The minimum absolute atomic E-state index is 0.490. The van der Waals surface area contributed by atoms with Gasteiger partial charge in [-0.25, -0.2) is 4.98 Å². The molecule has 0 atom stereocenters. The molecule has 0 unspecified atom stereocenters. The molecular formula is C19H17ClN4. The van der Waals surface area contributed by atoms with Crippen LogP contribution in [0.2, 0.25) is 5.02 Å². The zero-order chi connectivity index (χ0) is 16.4. The number of hydrogen-bond acceptors (Lipinski definition) is 4. The van der Waals surface area contributed by atoms with E-state index in [9.17, 15) is 0 Å². The summed E-state index contributed by atoms with van der Waals surface area (Å²) in [7, 11) is 0. The minimum atomic E-state index is 0.490. The number of hydrogen-bond donors (Lipinski definition) is 2. The monoisotopic (exact) mass is 336 g/mol. The van der Waals surface area contributed by atoms with Crippen molar-refractivity contribution in [2.24, 2.45) is 0 Å². The summed E-state index contributed by atoms with van der Waals surface area (Å²) in [6.45, 7) is 0. The Morgan fingerprint density at radius 1 is 0.917 bits per heavy atom. The Labute approximate surface area is 145 Å². The van der Waals surface area contributed by atoms with Crippen molar-refractivity contribution in [2.45, 2.75) is 18.9 Å². The highest BCUT2D eigenvalue weighted by molar-refractivity contribution is 6.33. The summed E-state index contributed by atoms with van der Waals surface area (Å²) < 4.78 is 0. The first kappa shape index (κ1) is 15.0. The third-order valence-electron chi connectivity index (χ3n) is 3.84. The van der Waals surface area contributed by atoms with E-state index in [0.717, 1.165) is 22.8 Å². The zero-order valence-corrected chi connectivity index (χ0v) is 13.8. The molecule has 4 rings (SSSR count). The van der Waals surface area contributed by atoms with E-state index >= 15 is 0 Å². The van der Waals surface area contributed by atoms with E-state index in [4.69, 9.17) is 11.6 Å². The van der Waals surface area contributed by atoms with Gasteiger partial charge < -0.3 is 10.6 Å². The topological polar surface area (TPSA) is 49.8 Å². The molecule has 4 nitrogen and oxygen atoms in total. The molecule has 1 aromatic heterocycles. The Morgan fingerprint density at radius 2 is 1.67 bits per heavy atom. The van der Waals surface area contributed by atoms with Crippen LogP contribution in [0, 0.1) is 0 Å². The molecule has 1 fully saturated rings. The molecule has 1 aliphatic rings. The first-order valence-corrected chi connectivity index (χ1v) is 8.38. The second-order valence-electron chi connectivity index (χ2n) is 5.85. The molecule has 2 N–H and O–H groups in total. The van der Waals surface area contributed by atoms with Crippen LogP contribution in [0.25, 0.3) is 11.3 Å². The van der Waals surface area contributed by atoms with E-state index in [-0.39, 0.29) is 0 Å². The smallest absolute Gasteiger partial charge is 0.225 e. The van der Waals surface area contributed by atoms with E-state index in [1.54, 1.807) is 0 Å². The van der Waals surface area contributed by atoms with Gasteiger partial charge in [-0.05, 0) is 25.0 Å². The molecular weight excluding hydrogens is 320 g/mol. The number of benzene rings is 2. The number of halogens is 1. The zero-order valence-electron chi connectivity index (χ0n) is 13.0. The van der Waals surface area contributed by atoms with Crippen molar-refractivity contribution in [1.82, 2.24) is 9.97 Å². The van der Waals surface area contributed by atoms with Crippen LogP contribution in [0.3, 0.4) is 0 Å². The second kappa shape index (κ2) is 6.49. The highest BCUT2D eigenvalue weighted by Crippen LogP contribution is 2.29. The predicted octanol–water partition coefficient (Wildman–Crippen LogP) is 5.11. The molecule has 0 aliphatic heterocycles. The Morgan fingerprint density at radius 3 is 2.42 bits per heavy atom. The van der Waals surface area contributed by atoms with Gasteiger partial charge in [0.05, 0.1) is 16.4 Å². The van der Waals surface area contributed by atoms with Crippen LogP contribution in [0.4, 0.5) is 17.5 Å². The average Bonchev–Trinajstić information content (AvgIpc) is 3.42. The van der Waals surface area contributed by atoms with Gasteiger partial charge in [0.2, 0.25) is 5.95 Å². The first-order valence-electron chi connectivity index (χ1n) is 8.00. The van der Waals surface area contributed by atoms with Crippen molar-refractivity contribution in [3.8, 4) is 11.3 Å². The SMILES string of the molecule is Clc1ccccc1Nc1cc(-c2ccccc2)nc(NC2CC2)n1. The van der Waals surface area contributed by atoms with E-state index in [1.165, 1.54) is 12.8 Å². The maximum atomic E-state index is 6.24. The van der Waals surface area contributed by atoms with Crippen LogP contribution >= 0.6 is 11.6 Å². The fourth-order valence-electron chi connectivity index (χ4n) is 2.44. The van der Waals surface area contributed by atoms with Crippen molar-refractivity contribution in [2.75, 3.05) is 10.6 Å². The highest BCUT2D eigenvalue weighted by Gasteiger charge is 2.22. The third-order valence-corrected chi connectivity index (χ3v) is 4.17. The number of para-hydroxylation sites is 1. The molecule has 1 heterocycles. The van der Waals surface area contributed by atoms with Gasteiger partial charge in [-0.3, -0.25) is 0 Å². The Balaban J connectivity index is 1.71. The lowest BCUT2D eigenvalue weighted by Gasteiger charge is -2.12. The van der Waals surface area contributed by atoms with Crippen molar-refractivity contribution in [1.29, 1.82) is 0 Å². The van der Waals surface area contributed by atoms with E-state index in [1.807, 2.05) is 60.7 Å². The van der Waals surface area contributed by atoms with Crippen molar-refractivity contribution >= 4 is 29.1 Å². The van der Waals surface area contributed by atoms with E-state index < -0.39 is 0 Å². The molecule has 2 aromatic carbocycles. The normalized spacial score (nSPS) is 13.5. The van der Waals surface area contributed by atoms with Crippen LogP contribution in [0.15, 0.2) is 60.7 Å². The van der Waals surface area contributed by atoms with Crippen LogP contribution < -0.4 is 10.6 Å². The number of nitrogens with zero attached hydrogens (tertiary/aromatic N) is 2. The van der Waals surface area contributed by atoms with Gasteiger partial charge in [-0.1, -0.05) is 54.1 Å². The van der Waals surface area contributed by atoms with Gasteiger partial charge in [0.15, 0.2) is 0 Å². The number of aromatic nitrogens is 2. The highest BCUT2D eigenvalue weighted by atomic mass is 35.5. The van der Waals surface area contributed by atoms with E-state index in [0.29, 0.717) is 17.0 Å². The fourth-order valence-corrected chi connectivity index (χ4v) is 2.63. The molecule has 0 bridgehead atoms. The van der Waals surface area contributed by atoms with Gasteiger partial charge in [0, 0.05) is 17.7 Å². The molecule has 5 heteroatoms. The lowest BCUT2D eigenvalue weighted by molar-refractivity contribution is 1.06. The summed E-state index contributed by atoms with van der Waals surface area (Å²) in [6.07, 6.45) is 2.35. The van der Waals surface area contributed by atoms with Gasteiger partial charge in [0.1, 0.15) is 5.82 Å². The maximum Gasteiger partial charge on any atom is 0.225 e. The number of anilines is 3. The third kappa shape index (κ3) is 3.49. The predicted molar refractivity (Wildman–Crippen MR) is 98.8 cm³/mol. The molecule has 0 spiro atoms. The summed E-state index contributed by atoms with van der Waals surface area (Å²) >= 11 is 6.24. The lowest BCUT2D eigenvalue weighted by atomic mass is 10.1. The second-order valence-corrected chi connectivity index (χ2v) is 6.26. The van der Waals surface area contributed by atoms with Crippen molar-refractivity contribution in [3.63, 3.8) is 0 Å². The molecule has 1 saturated carbocycles. The summed E-state index contributed by atoms with van der Waals surface area (Å²) in [5.41, 5.74) is 2.76. The summed E-state index contributed by atoms with van der Waals surface area (Å²) in [4.78, 5) is 9.24. The minimum Gasteiger partial charge on any atom is -0.351 e. The summed E-state index contributed by atoms with van der Waals surface area (Å²) in [5.74, 6) is 1.37. The average molecular weight is 337 g/mol. The Hall–Kier alpha value is -2.59. The largest absolute Gasteiger partial charge is 0.351 e. The van der Waals surface area contributed by atoms with Gasteiger partial charge in [-0.15, -0.1) is 0 Å². The lowest BCUT2D eigenvalue weighted by Crippen LogP contribution is -2.07. The first-order chi connectivity index (χ1) is 11.8. The molecule has 0 amide bonds. The van der Waals surface area contributed by atoms with Crippen LogP contribution in [0.5, 0.6) is 0 Å². The molecule has 0 saturated heterocycles. The number of nitrogens with one attached hydrogen (secondary N) is 2. The van der Waals surface area contributed by atoms with Gasteiger partial charge in [0.25, 0.3) is 0 Å². The Kier molecular flexibility index (Phi) is 4.05. The molecule has 1 aliphatic carbocycles. The summed E-state index contributed by atoms with van der Waals surface area (Å²) in [6, 6.07) is 20.2. The van der Waals surface area contributed by atoms with Crippen molar-refractivity contribution in [3.05, 3.63) is 65.7 Å². The van der Waals surface area contributed by atoms with Crippen LogP contribution in [0.1, 0.15) is 12.8 Å². The quantitative estimate of drug-likeness (QED) is 0.679. The van der Waals surface area contributed by atoms with Crippen LogP contribution in [-0.4, -0.2) is 16.0 Å². The molecule has 24 heavy (non-hydrogen) atoms. The standard InChI is InChI=1S/C19H17ClN4/c20-15-8-4-5-9-16(15)22-18-12-17(13-6-2-1-3-7-13)23-19(24-18)21-14-10-11-14/h1-9,12,14H,10-11H2,(H2,21,22,23,24). The van der Waals surface area contributed by atoms with Gasteiger partial charge in [-0.2, -0.15) is 4.98 Å². The molecule has 3 aromatic rings. The number of rotatable bonds is 5. The summed E-state index contributed by atoms with van der Waals surface area (Å²) in [5, 5.41) is 7.33. The van der Waals surface area contributed by atoms with E-state index in [2.05, 4.69) is 20.6 Å². The fraction of sp³-hybridized carbons (Fsp3) is 0.158. The molecule has 120 valence electrons. The molecule has 0 radical (unpaired) electrons. The van der Waals surface area contributed by atoms with Gasteiger partial charge >= 0.3 is 0 Å².